The molecule has 188 valence electrons. The van der Waals surface area contributed by atoms with Gasteiger partial charge in [-0.3, -0.25) is 14.9 Å². The fraction of sp³-hybridized carbons (Fsp3) is 0.167. The fourth-order valence-corrected chi connectivity index (χ4v) is 3.02. The molecule has 9 nitrogen and oxygen atoms in total. The predicted molar refractivity (Wildman–Crippen MR) is 124 cm³/mol. The van der Waals surface area contributed by atoms with E-state index in [1.807, 2.05) is 6.92 Å². The van der Waals surface area contributed by atoms with Crippen molar-refractivity contribution in [3.8, 4) is 23.0 Å². The number of alkyl halides is 3. The van der Waals surface area contributed by atoms with Gasteiger partial charge in [-0.2, -0.15) is 18.3 Å². The van der Waals surface area contributed by atoms with E-state index >= 15 is 0 Å². The maximum Gasteiger partial charge on any atom is 0.416 e. The molecule has 36 heavy (non-hydrogen) atoms. The highest BCUT2D eigenvalue weighted by Crippen LogP contribution is 2.37. The van der Waals surface area contributed by atoms with Crippen molar-refractivity contribution < 1.29 is 37.1 Å². The molecule has 1 N–H and O–H groups in total. The lowest BCUT2D eigenvalue weighted by molar-refractivity contribution is -0.385. The molecule has 0 unspecified atom stereocenters. The summed E-state index contributed by atoms with van der Waals surface area (Å²) in [5.41, 5.74) is 1.09. The number of carbonyl (C=O) groups is 1. The molecule has 0 saturated heterocycles. The van der Waals surface area contributed by atoms with Gasteiger partial charge in [0.05, 0.1) is 30.4 Å². The van der Waals surface area contributed by atoms with Crippen molar-refractivity contribution in [3.63, 3.8) is 0 Å². The first-order chi connectivity index (χ1) is 17.1. The lowest BCUT2D eigenvalue weighted by Gasteiger charge is -2.10. The summed E-state index contributed by atoms with van der Waals surface area (Å²) in [6, 6.07) is 12.7. The Balaban J connectivity index is 1.72. The van der Waals surface area contributed by atoms with Crippen LogP contribution in [-0.4, -0.2) is 30.8 Å². The minimum absolute atomic E-state index is 0.115. The number of amides is 1. The summed E-state index contributed by atoms with van der Waals surface area (Å²) in [5.74, 6) is 0.116. The molecule has 0 spiro atoms. The van der Waals surface area contributed by atoms with E-state index in [2.05, 4.69) is 10.5 Å². The van der Waals surface area contributed by atoms with Gasteiger partial charge in [0.15, 0.2) is 11.5 Å². The molecule has 0 heterocycles. The number of rotatable bonds is 9. The molecule has 3 aromatic rings. The molecule has 12 heteroatoms. The number of hydrazone groups is 1. The van der Waals surface area contributed by atoms with Crippen molar-refractivity contribution in [2.45, 2.75) is 13.1 Å². The molecule has 0 aromatic heterocycles. The first kappa shape index (κ1) is 26.0. The number of hydrogen-bond acceptors (Lipinski definition) is 7. The zero-order valence-corrected chi connectivity index (χ0v) is 19.0. The van der Waals surface area contributed by atoms with Crippen LogP contribution in [0.5, 0.6) is 23.0 Å². The average Bonchev–Trinajstić information content (AvgIpc) is 2.84. The molecule has 0 aliphatic heterocycles. The highest BCUT2D eigenvalue weighted by Gasteiger charge is 2.33. The monoisotopic (exact) mass is 503 g/mol. The molecule has 3 aromatic carbocycles. The van der Waals surface area contributed by atoms with E-state index in [9.17, 15) is 28.1 Å². The number of methoxy groups -OCH3 is 1. The molecule has 0 bridgehead atoms. The lowest BCUT2D eigenvalue weighted by atomic mass is 10.2. The second kappa shape index (κ2) is 11.2. The number of nitrogens with zero attached hydrogens (tertiary/aromatic N) is 2. The summed E-state index contributed by atoms with van der Waals surface area (Å²) >= 11 is 0. The van der Waals surface area contributed by atoms with Gasteiger partial charge in [0.1, 0.15) is 5.75 Å². The van der Waals surface area contributed by atoms with Crippen molar-refractivity contribution in [1.29, 1.82) is 0 Å². The van der Waals surface area contributed by atoms with Gasteiger partial charge in [-0.15, -0.1) is 0 Å². The Morgan fingerprint density at radius 1 is 1.08 bits per heavy atom. The van der Waals surface area contributed by atoms with Crippen LogP contribution in [0, 0.1) is 10.1 Å². The Bertz CT molecular complexity index is 1290. The first-order valence-corrected chi connectivity index (χ1v) is 10.4. The SMILES string of the molecule is CCOc1ccc(C(=O)N/N=C/c2cccc(Oc3ccc(C(F)(F)F)cc3[N+](=O)[O-])c2)cc1OC. The second-order valence-electron chi connectivity index (χ2n) is 7.11. The van der Waals surface area contributed by atoms with Gasteiger partial charge in [-0.25, -0.2) is 5.43 Å². The van der Waals surface area contributed by atoms with Crippen LogP contribution in [0.15, 0.2) is 65.8 Å². The smallest absolute Gasteiger partial charge is 0.416 e. The maximum atomic E-state index is 12.9. The Morgan fingerprint density at radius 3 is 2.50 bits per heavy atom. The maximum absolute atomic E-state index is 12.9. The zero-order chi connectivity index (χ0) is 26.3. The summed E-state index contributed by atoms with van der Waals surface area (Å²) in [7, 11) is 1.45. The van der Waals surface area contributed by atoms with Gasteiger partial charge in [-0.1, -0.05) is 12.1 Å². The Kier molecular flexibility index (Phi) is 8.10. The van der Waals surface area contributed by atoms with Crippen molar-refractivity contribution in [3.05, 3.63) is 87.5 Å². The van der Waals surface area contributed by atoms with Crippen molar-refractivity contribution >= 4 is 17.8 Å². The number of halogens is 3. The van der Waals surface area contributed by atoms with E-state index in [0.717, 1.165) is 6.07 Å². The predicted octanol–water partition coefficient (Wildman–Crippen LogP) is 5.58. The van der Waals surface area contributed by atoms with Crippen LogP contribution >= 0.6 is 0 Å². The van der Waals surface area contributed by atoms with E-state index in [4.69, 9.17) is 14.2 Å². The van der Waals surface area contributed by atoms with Crippen LogP contribution in [0.25, 0.3) is 0 Å². The Hall–Kier alpha value is -4.61. The number of benzene rings is 3. The molecule has 0 aliphatic rings. The minimum atomic E-state index is -4.74. The quantitative estimate of drug-likeness (QED) is 0.232. The second-order valence-corrected chi connectivity index (χ2v) is 7.11. The van der Waals surface area contributed by atoms with E-state index in [1.165, 1.54) is 31.5 Å². The number of carbonyl (C=O) groups excluding carboxylic acids is 1. The van der Waals surface area contributed by atoms with Gasteiger partial charge in [0.2, 0.25) is 5.75 Å². The van der Waals surface area contributed by atoms with E-state index in [0.29, 0.717) is 35.8 Å². The van der Waals surface area contributed by atoms with Gasteiger partial charge in [-0.05, 0) is 55.0 Å². The largest absolute Gasteiger partial charge is 0.493 e. The molecule has 0 radical (unpaired) electrons. The number of nitro benzene ring substituents is 1. The molecule has 0 fully saturated rings. The normalized spacial score (nSPS) is 11.2. The van der Waals surface area contributed by atoms with Crippen LogP contribution < -0.4 is 19.6 Å². The van der Waals surface area contributed by atoms with Gasteiger partial charge in [0, 0.05) is 11.6 Å². The van der Waals surface area contributed by atoms with E-state index in [1.54, 1.807) is 24.3 Å². The molecule has 0 aliphatic carbocycles. The summed E-state index contributed by atoms with van der Waals surface area (Å²) < 4.78 is 54.8. The van der Waals surface area contributed by atoms with Gasteiger partial charge in [0.25, 0.3) is 5.91 Å². The summed E-state index contributed by atoms with van der Waals surface area (Å²) in [6.45, 7) is 2.25. The highest BCUT2D eigenvalue weighted by molar-refractivity contribution is 5.95. The summed E-state index contributed by atoms with van der Waals surface area (Å²) in [5, 5.41) is 15.1. The third-order valence-electron chi connectivity index (χ3n) is 4.67. The number of ether oxygens (including phenoxy) is 3. The standard InChI is InChI=1S/C24H20F3N3O6/c1-3-35-21-9-7-16(12-22(21)34-2)23(31)29-28-14-15-5-4-6-18(11-15)36-20-10-8-17(24(25,26)27)13-19(20)30(32)33/h4-14H,3H2,1-2H3,(H,29,31)/b28-14+. The third kappa shape index (κ3) is 6.50. The van der Waals surface area contributed by atoms with Crippen LogP contribution in [0.3, 0.4) is 0 Å². The van der Waals surface area contributed by atoms with E-state index in [-0.39, 0.29) is 17.1 Å². The molecule has 0 saturated carbocycles. The Morgan fingerprint density at radius 2 is 1.83 bits per heavy atom. The van der Waals surface area contributed by atoms with Crippen molar-refractivity contribution in [1.82, 2.24) is 5.43 Å². The lowest BCUT2D eigenvalue weighted by Crippen LogP contribution is -2.17. The van der Waals surface area contributed by atoms with Crippen LogP contribution in [0.4, 0.5) is 18.9 Å². The molecule has 1 amide bonds. The van der Waals surface area contributed by atoms with Crippen molar-refractivity contribution in [2.24, 2.45) is 5.10 Å². The van der Waals surface area contributed by atoms with E-state index < -0.39 is 28.3 Å². The molecular formula is C24H20F3N3O6. The highest BCUT2D eigenvalue weighted by atomic mass is 19.4. The molecular weight excluding hydrogens is 483 g/mol. The van der Waals surface area contributed by atoms with Crippen LogP contribution in [0.1, 0.15) is 28.4 Å². The molecule has 3 rings (SSSR count). The number of nitro groups is 1. The van der Waals surface area contributed by atoms with Gasteiger partial charge < -0.3 is 14.2 Å². The third-order valence-corrected chi connectivity index (χ3v) is 4.67. The van der Waals surface area contributed by atoms with Gasteiger partial charge >= 0.3 is 11.9 Å². The topological polar surface area (TPSA) is 112 Å². The Labute approximate surface area is 203 Å². The summed E-state index contributed by atoms with van der Waals surface area (Å²) in [6.07, 6.45) is -3.43. The average molecular weight is 503 g/mol. The molecule has 0 atom stereocenters. The fourth-order valence-electron chi connectivity index (χ4n) is 3.02. The zero-order valence-electron chi connectivity index (χ0n) is 19.0. The number of nitrogens with one attached hydrogen (secondary N) is 1. The first-order valence-electron chi connectivity index (χ1n) is 10.4. The van der Waals surface area contributed by atoms with Crippen LogP contribution in [0.2, 0.25) is 0 Å². The summed E-state index contributed by atoms with van der Waals surface area (Å²) in [4.78, 5) is 22.7. The number of hydrogen-bond donors (Lipinski definition) is 1. The van der Waals surface area contributed by atoms with Crippen LogP contribution in [-0.2, 0) is 6.18 Å². The van der Waals surface area contributed by atoms with Crippen molar-refractivity contribution in [2.75, 3.05) is 13.7 Å². The minimum Gasteiger partial charge on any atom is -0.493 e.